The first-order chi connectivity index (χ1) is 11.2. The number of carbonyl (C=O) groups is 1. The summed E-state index contributed by atoms with van der Waals surface area (Å²) < 4.78 is 5.26. The maximum Gasteiger partial charge on any atom is 0.243 e. The third-order valence-electron chi connectivity index (χ3n) is 4.07. The van der Waals surface area contributed by atoms with E-state index in [1.165, 1.54) is 0 Å². The highest BCUT2D eigenvalue weighted by Gasteiger charge is 2.31. The molecule has 122 valence electrons. The molecule has 0 saturated carbocycles. The van der Waals surface area contributed by atoms with Crippen LogP contribution < -0.4 is 10.2 Å². The van der Waals surface area contributed by atoms with Gasteiger partial charge in [-0.3, -0.25) is 4.79 Å². The van der Waals surface area contributed by atoms with Crippen LogP contribution in [0.3, 0.4) is 0 Å². The largest absolute Gasteiger partial charge is 0.467 e. The summed E-state index contributed by atoms with van der Waals surface area (Å²) in [4.78, 5) is 23.6. The van der Waals surface area contributed by atoms with Crippen LogP contribution in [0.15, 0.2) is 28.9 Å². The summed E-state index contributed by atoms with van der Waals surface area (Å²) in [6.07, 6.45) is 4.23. The van der Waals surface area contributed by atoms with Crippen molar-refractivity contribution in [2.24, 2.45) is 0 Å². The van der Waals surface area contributed by atoms with Crippen molar-refractivity contribution in [1.82, 2.24) is 15.3 Å². The third kappa shape index (κ3) is 3.52. The number of aryl methyl sites for hydroxylation is 2. The quantitative estimate of drug-likeness (QED) is 0.916. The molecular formula is C17H22N4O2. The summed E-state index contributed by atoms with van der Waals surface area (Å²) in [5.74, 6) is 2.45. The van der Waals surface area contributed by atoms with Gasteiger partial charge in [0.1, 0.15) is 23.4 Å². The lowest BCUT2D eigenvalue weighted by atomic mass is 10.2. The van der Waals surface area contributed by atoms with Gasteiger partial charge in [-0.15, -0.1) is 0 Å². The van der Waals surface area contributed by atoms with E-state index in [-0.39, 0.29) is 11.9 Å². The minimum absolute atomic E-state index is 0.0215. The molecule has 1 aliphatic rings. The molecule has 2 aromatic rings. The fourth-order valence-electron chi connectivity index (χ4n) is 2.94. The molecule has 3 rings (SSSR count). The maximum atomic E-state index is 12.5. The molecule has 3 heterocycles. The number of nitrogens with zero attached hydrogens (tertiary/aromatic N) is 3. The van der Waals surface area contributed by atoms with Crippen molar-refractivity contribution in [3.63, 3.8) is 0 Å². The van der Waals surface area contributed by atoms with E-state index in [0.717, 1.165) is 48.9 Å². The summed E-state index contributed by atoms with van der Waals surface area (Å²) in [6.45, 7) is 5.26. The normalized spacial score (nSPS) is 17.5. The molecule has 1 aliphatic heterocycles. The maximum absolute atomic E-state index is 12.5. The van der Waals surface area contributed by atoms with Gasteiger partial charge in [-0.25, -0.2) is 9.97 Å². The van der Waals surface area contributed by atoms with Crippen molar-refractivity contribution in [2.45, 2.75) is 45.7 Å². The highest BCUT2D eigenvalue weighted by atomic mass is 16.3. The number of nitrogens with one attached hydrogen (secondary N) is 1. The second-order valence-electron chi connectivity index (χ2n) is 5.79. The predicted molar refractivity (Wildman–Crippen MR) is 87.1 cm³/mol. The van der Waals surface area contributed by atoms with Crippen molar-refractivity contribution < 1.29 is 9.21 Å². The fourth-order valence-corrected chi connectivity index (χ4v) is 2.94. The highest BCUT2D eigenvalue weighted by molar-refractivity contribution is 5.85. The third-order valence-corrected chi connectivity index (χ3v) is 4.07. The Hall–Kier alpha value is -2.37. The lowest BCUT2D eigenvalue weighted by molar-refractivity contribution is -0.122. The minimum atomic E-state index is -0.177. The Morgan fingerprint density at radius 2 is 2.35 bits per heavy atom. The van der Waals surface area contributed by atoms with Gasteiger partial charge in [0, 0.05) is 24.7 Å². The van der Waals surface area contributed by atoms with E-state index in [2.05, 4.69) is 20.2 Å². The second kappa shape index (κ2) is 6.81. The van der Waals surface area contributed by atoms with E-state index < -0.39 is 0 Å². The van der Waals surface area contributed by atoms with Crippen LogP contribution in [0.1, 0.15) is 37.0 Å². The van der Waals surface area contributed by atoms with Crippen molar-refractivity contribution in [1.29, 1.82) is 0 Å². The summed E-state index contributed by atoms with van der Waals surface area (Å²) in [5.41, 5.74) is 0.938. The minimum Gasteiger partial charge on any atom is -0.467 e. The smallest absolute Gasteiger partial charge is 0.243 e. The molecule has 0 unspecified atom stereocenters. The van der Waals surface area contributed by atoms with Crippen LogP contribution in [-0.4, -0.2) is 28.5 Å². The number of furan rings is 1. The molecule has 0 aromatic carbocycles. The first-order valence-corrected chi connectivity index (χ1v) is 8.08. The molecule has 1 N–H and O–H groups in total. The Bertz CT molecular complexity index is 669. The topological polar surface area (TPSA) is 71.3 Å². The van der Waals surface area contributed by atoms with E-state index >= 15 is 0 Å². The monoisotopic (exact) mass is 314 g/mol. The van der Waals surface area contributed by atoms with Crippen LogP contribution in [0.25, 0.3) is 0 Å². The lowest BCUT2D eigenvalue weighted by Gasteiger charge is -2.25. The standard InChI is InChI=1S/C17H22N4O2/c1-3-15-19-12(2)10-16(20-15)21-8-4-7-14(21)17(22)18-11-13-6-5-9-23-13/h5-6,9-10,14H,3-4,7-8,11H2,1-2H3,(H,18,22)/t14-/m1/s1. The first kappa shape index (κ1) is 15.5. The van der Waals surface area contributed by atoms with Gasteiger partial charge in [-0.2, -0.15) is 0 Å². The SMILES string of the molecule is CCc1nc(C)cc(N2CCC[C@@H]2C(=O)NCc2ccco2)n1. The molecule has 0 aliphatic carbocycles. The van der Waals surface area contributed by atoms with Gasteiger partial charge in [-0.05, 0) is 31.9 Å². The predicted octanol–water partition coefficient (Wildman–Crippen LogP) is 2.23. The van der Waals surface area contributed by atoms with E-state index in [1.54, 1.807) is 6.26 Å². The van der Waals surface area contributed by atoms with E-state index in [0.29, 0.717) is 6.54 Å². The lowest BCUT2D eigenvalue weighted by Crippen LogP contribution is -2.43. The van der Waals surface area contributed by atoms with Gasteiger partial charge in [-0.1, -0.05) is 6.92 Å². The van der Waals surface area contributed by atoms with Crippen molar-refractivity contribution in [3.05, 3.63) is 41.7 Å². The van der Waals surface area contributed by atoms with Crippen LogP contribution in [0.2, 0.25) is 0 Å². The molecule has 1 amide bonds. The molecule has 0 radical (unpaired) electrons. The fraction of sp³-hybridized carbons (Fsp3) is 0.471. The molecule has 23 heavy (non-hydrogen) atoms. The Morgan fingerprint density at radius 3 is 3.09 bits per heavy atom. The van der Waals surface area contributed by atoms with Crippen LogP contribution >= 0.6 is 0 Å². The first-order valence-electron chi connectivity index (χ1n) is 8.08. The van der Waals surface area contributed by atoms with Gasteiger partial charge >= 0.3 is 0 Å². The Morgan fingerprint density at radius 1 is 1.48 bits per heavy atom. The van der Waals surface area contributed by atoms with E-state index in [9.17, 15) is 4.79 Å². The molecule has 6 heteroatoms. The van der Waals surface area contributed by atoms with Crippen molar-refractivity contribution >= 4 is 11.7 Å². The highest BCUT2D eigenvalue weighted by Crippen LogP contribution is 2.24. The molecule has 1 atom stereocenters. The number of anilines is 1. The second-order valence-corrected chi connectivity index (χ2v) is 5.79. The van der Waals surface area contributed by atoms with E-state index in [4.69, 9.17) is 4.42 Å². The van der Waals surface area contributed by atoms with Crippen molar-refractivity contribution in [3.8, 4) is 0 Å². The molecule has 2 aromatic heterocycles. The molecule has 0 bridgehead atoms. The van der Waals surface area contributed by atoms with Gasteiger partial charge in [0.05, 0.1) is 12.8 Å². The number of hydrogen-bond acceptors (Lipinski definition) is 5. The van der Waals surface area contributed by atoms with E-state index in [1.807, 2.05) is 32.0 Å². The zero-order chi connectivity index (χ0) is 16.2. The molecule has 6 nitrogen and oxygen atoms in total. The summed E-state index contributed by atoms with van der Waals surface area (Å²) in [7, 11) is 0. The number of aromatic nitrogens is 2. The van der Waals surface area contributed by atoms with Gasteiger partial charge < -0.3 is 14.6 Å². The molecular weight excluding hydrogens is 292 g/mol. The average Bonchev–Trinajstić information content (AvgIpc) is 3.23. The average molecular weight is 314 g/mol. The Balaban J connectivity index is 1.72. The summed E-state index contributed by atoms with van der Waals surface area (Å²) in [6, 6.07) is 5.45. The zero-order valence-electron chi connectivity index (χ0n) is 13.6. The Labute approximate surface area is 135 Å². The van der Waals surface area contributed by atoms with Crippen LogP contribution in [0, 0.1) is 6.92 Å². The number of hydrogen-bond donors (Lipinski definition) is 1. The number of rotatable bonds is 5. The van der Waals surface area contributed by atoms with Gasteiger partial charge in [0.2, 0.25) is 5.91 Å². The van der Waals surface area contributed by atoms with Gasteiger partial charge in [0.25, 0.3) is 0 Å². The van der Waals surface area contributed by atoms with Gasteiger partial charge in [0.15, 0.2) is 0 Å². The van der Waals surface area contributed by atoms with Crippen LogP contribution in [0.4, 0.5) is 5.82 Å². The summed E-state index contributed by atoms with van der Waals surface area (Å²) >= 11 is 0. The van der Waals surface area contributed by atoms with Crippen LogP contribution in [-0.2, 0) is 17.8 Å². The molecule has 1 fully saturated rings. The summed E-state index contributed by atoms with van der Waals surface area (Å²) in [5, 5.41) is 2.95. The number of carbonyl (C=O) groups excluding carboxylic acids is 1. The number of amides is 1. The molecule has 0 spiro atoms. The Kier molecular flexibility index (Phi) is 4.60. The van der Waals surface area contributed by atoms with Crippen molar-refractivity contribution in [2.75, 3.05) is 11.4 Å². The van der Waals surface area contributed by atoms with Crippen LogP contribution in [0.5, 0.6) is 0 Å². The zero-order valence-corrected chi connectivity index (χ0v) is 13.6. The molecule has 1 saturated heterocycles.